The zero-order chi connectivity index (χ0) is 23.7. The van der Waals surface area contributed by atoms with Crippen molar-refractivity contribution >= 4 is 11.8 Å². The van der Waals surface area contributed by atoms with Gasteiger partial charge in [-0.15, -0.1) is 0 Å². The number of esters is 1. The first kappa shape index (κ1) is 22.6. The molecule has 1 N–H and O–H groups in total. The number of dihydropyridines is 1. The van der Waals surface area contributed by atoms with Gasteiger partial charge in [0.25, 0.3) is 0 Å². The molecule has 2 atom stereocenters. The molecule has 2 aromatic rings. The van der Waals surface area contributed by atoms with Gasteiger partial charge in [0, 0.05) is 29.0 Å². The number of ether oxygens (including phenoxy) is 3. The number of benzene rings is 2. The minimum atomic E-state index is -0.825. The van der Waals surface area contributed by atoms with Crippen LogP contribution in [-0.4, -0.2) is 33.1 Å². The van der Waals surface area contributed by atoms with E-state index in [1.807, 2.05) is 18.2 Å². The highest BCUT2D eigenvalue weighted by molar-refractivity contribution is 6.04. The highest BCUT2D eigenvalue weighted by Crippen LogP contribution is 2.46. The molecule has 0 radical (unpaired) electrons. The van der Waals surface area contributed by atoms with E-state index in [9.17, 15) is 14.0 Å². The second-order valence-electron chi connectivity index (χ2n) is 8.14. The summed E-state index contributed by atoms with van der Waals surface area (Å²) in [5.41, 5.74) is 3.14. The van der Waals surface area contributed by atoms with E-state index < -0.39 is 17.7 Å². The Hall–Kier alpha value is -3.61. The van der Waals surface area contributed by atoms with Crippen molar-refractivity contribution in [2.45, 2.75) is 31.6 Å². The third-order valence-corrected chi connectivity index (χ3v) is 6.33. The lowest BCUT2D eigenvalue weighted by Crippen LogP contribution is -2.36. The molecule has 0 spiro atoms. The van der Waals surface area contributed by atoms with Crippen LogP contribution in [0.1, 0.15) is 42.7 Å². The molecule has 0 bridgehead atoms. The summed E-state index contributed by atoms with van der Waals surface area (Å²) in [6.07, 6.45) is 0.766. The van der Waals surface area contributed by atoms with Gasteiger partial charge in [0.1, 0.15) is 5.82 Å². The number of allylic oxidation sites excluding steroid dienone is 3. The van der Waals surface area contributed by atoms with Crippen LogP contribution in [0.5, 0.6) is 11.5 Å². The number of ketones is 1. The second-order valence-corrected chi connectivity index (χ2v) is 8.14. The van der Waals surface area contributed by atoms with Gasteiger partial charge >= 0.3 is 5.97 Å². The fraction of sp³-hybridized carbons (Fsp3) is 0.308. The average Bonchev–Trinajstić information content (AvgIpc) is 2.82. The van der Waals surface area contributed by atoms with Gasteiger partial charge in [-0.25, -0.2) is 9.18 Å². The van der Waals surface area contributed by atoms with Crippen LogP contribution in [0, 0.1) is 5.82 Å². The molecule has 7 heteroatoms. The summed E-state index contributed by atoms with van der Waals surface area (Å²) < 4.78 is 30.6. The van der Waals surface area contributed by atoms with Crippen LogP contribution in [0.2, 0.25) is 0 Å². The van der Waals surface area contributed by atoms with E-state index in [2.05, 4.69) is 5.32 Å². The monoisotopic (exact) mass is 451 g/mol. The molecule has 1 heterocycles. The van der Waals surface area contributed by atoms with E-state index in [4.69, 9.17) is 14.2 Å². The van der Waals surface area contributed by atoms with Crippen LogP contribution in [0.3, 0.4) is 0 Å². The summed E-state index contributed by atoms with van der Waals surface area (Å²) in [5.74, 6) is -0.918. The largest absolute Gasteiger partial charge is 0.493 e. The van der Waals surface area contributed by atoms with Crippen LogP contribution in [0.25, 0.3) is 0 Å². The van der Waals surface area contributed by atoms with Gasteiger partial charge in [-0.2, -0.15) is 0 Å². The van der Waals surface area contributed by atoms with Crippen molar-refractivity contribution in [1.82, 2.24) is 5.32 Å². The number of hydrogen-bond donors (Lipinski definition) is 1. The maximum atomic E-state index is 14.9. The Labute approximate surface area is 192 Å². The van der Waals surface area contributed by atoms with Crippen LogP contribution >= 0.6 is 0 Å². The summed E-state index contributed by atoms with van der Waals surface area (Å²) in [5, 5.41) is 3.24. The normalized spacial score (nSPS) is 20.2. The van der Waals surface area contributed by atoms with Crippen molar-refractivity contribution in [3.63, 3.8) is 0 Å². The van der Waals surface area contributed by atoms with Crippen LogP contribution in [0.4, 0.5) is 4.39 Å². The van der Waals surface area contributed by atoms with Gasteiger partial charge in [0.05, 0.1) is 32.8 Å². The molecular weight excluding hydrogens is 425 g/mol. The summed E-state index contributed by atoms with van der Waals surface area (Å²) in [6, 6.07) is 11.8. The van der Waals surface area contributed by atoms with Crippen molar-refractivity contribution in [1.29, 1.82) is 0 Å². The summed E-state index contributed by atoms with van der Waals surface area (Å²) in [7, 11) is 4.42. The van der Waals surface area contributed by atoms with Crippen molar-refractivity contribution in [2.24, 2.45) is 0 Å². The molecular formula is C26H26FNO5. The molecule has 0 saturated carbocycles. The zero-order valence-corrected chi connectivity index (χ0v) is 19.0. The van der Waals surface area contributed by atoms with Gasteiger partial charge in [-0.1, -0.05) is 24.3 Å². The lowest BCUT2D eigenvalue weighted by atomic mass is 9.71. The lowest BCUT2D eigenvalue weighted by Gasteiger charge is -2.36. The van der Waals surface area contributed by atoms with Gasteiger partial charge in [0.15, 0.2) is 17.3 Å². The number of carbonyl (C=O) groups is 2. The van der Waals surface area contributed by atoms with E-state index in [0.717, 1.165) is 5.56 Å². The Morgan fingerprint density at radius 1 is 1.03 bits per heavy atom. The Kier molecular flexibility index (Phi) is 6.22. The van der Waals surface area contributed by atoms with Gasteiger partial charge in [-0.05, 0) is 43.0 Å². The number of nitrogens with one attached hydrogen (secondary N) is 1. The molecule has 172 valence electrons. The third-order valence-electron chi connectivity index (χ3n) is 6.33. The number of Topliss-reactive ketones (excluding diaryl/α,β-unsaturated/α-hetero) is 1. The molecule has 0 aromatic heterocycles. The molecule has 1 aliphatic carbocycles. The summed E-state index contributed by atoms with van der Waals surface area (Å²) in [4.78, 5) is 26.2. The Morgan fingerprint density at radius 3 is 2.42 bits per heavy atom. The number of rotatable bonds is 5. The molecule has 1 aliphatic heterocycles. The Morgan fingerprint density at radius 2 is 1.76 bits per heavy atom. The Balaban J connectivity index is 1.79. The predicted octanol–water partition coefficient (Wildman–Crippen LogP) is 4.38. The standard InChI is InChI=1S/C26H26FNO5/c1-14-23(26(30)33-4)24(17-7-5-6-8-18(17)27)25-19(28-14)11-16(12-20(25)29)15-9-10-21(31-2)22(13-15)32-3/h5-10,13,16,24,28H,11-12H2,1-4H3/t16-,24-/m1/s1. The highest BCUT2D eigenvalue weighted by Gasteiger charge is 2.42. The van der Waals surface area contributed by atoms with Crippen molar-refractivity contribution in [3.05, 3.63) is 81.9 Å². The topological polar surface area (TPSA) is 73.9 Å². The minimum absolute atomic E-state index is 0.0997. The first-order valence-corrected chi connectivity index (χ1v) is 10.7. The lowest BCUT2D eigenvalue weighted by molar-refractivity contribution is -0.136. The predicted molar refractivity (Wildman–Crippen MR) is 121 cm³/mol. The first-order chi connectivity index (χ1) is 15.9. The van der Waals surface area contributed by atoms with Crippen LogP contribution < -0.4 is 14.8 Å². The van der Waals surface area contributed by atoms with Gasteiger partial charge in [-0.3, -0.25) is 4.79 Å². The van der Waals surface area contributed by atoms with Gasteiger partial charge < -0.3 is 19.5 Å². The van der Waals surface area contributed by atoms with E-state index in [1.54, 1.807) is 39.3 Å². The molecule has 33 heavy (non-hydrogen) atoms. The molecule has 0 saturated heterocycles. The Bertz CT molecular complexity index is 1180. The fourth-order valence-corrected chi connectivity index (χ4v) is 4.78. The van der Waals surface area contributed by atoms with E-state index in [-0.39, 0.29) is 29.3 Å². The SMILES string of the molecule is COC(=O)C1=C(C)NC2=C(C(=O)C[C@H](c3ccc(OC)c(OC)c3)C2)[C@@H]1c1ccccc1F. The number of halogens is 1. The molecule has 6 nitrogen and oxygen atoms in total. The summed E-state index contributed by atoms with van der Waals surface area (Å²) >= 11 is 0. The van der Waals surface area contributed by atoms with Crippen molar-refractivity contribution < 1.29 is 28.2 Å². The van der Waals surface area contributed by atoms with Crippen LogP contribution in [0.15, 0.2) is 65.0 Å². The molecule has 0 amide bonds. The number of carbonyl (C=O) groups excluding carboxylic acids is 2. The minimum Gasteiger partial charge on any atom is -0.493 e. The third kappa shape index (κ3) is 3.99. The fourth-order valence-electron chi connectivity index (χ4n) is 4.78. The molecule has 4 rings (SSSR count). The molecule has 2 aliphatic rings. The smallest absolute Gasteiger partial charge is 0.336 e. The van der Waals surface area contributed by atoms with Crippen molar-refractivity contribution in [3.8, 4) is 11.5 Å². The van der Waals surface area contributed by atoms with E-state index in [0.29, 0.717) is 34.9 Å². The molecule has 2 aromatic carbocycles. The van der Waals surface area contributed by atoms with Gasteiger partial charge in [0.2, 0.25) is 0 Å². The maximum absolute atomic E-state index is 14.9. The molecule has 0 unspecified atom stereocenters. The number of hydrogen-bond acceptors (Lipinski definition) is 6. The maximum Gasteiger partial charge on any atom is 0.336 e. The quantitative estimate of drug-likeness (QED) is 0.681. The van der Waals surface area contributed by atoms with E-state index in [1.165, 1.54) is 13.2 Å². The summed E-state index contributed by atoms with van der Waals surface area (Å²) in [6.45, 7) is 1.74. The van der Waals surface area contributed by atoms with Crippen LogP contribution in [-0.2, 0) is 14.3 Å². The zero-order valence-electron chi connectivity index (χ0n) is 19.0. The average molecular weight is 451 g/mol. The molecule has 0 fully saturated rings. The van der Waals surface area contributed by atoms with E-state index >= 15 is 0 Å². The second kappa shape index (κ2) is 9.10. The highest BCUT2D eigenvalue weighted by atomic mass is 19.1. The van der Waals surface area contributed by atoms with Crippen molar-refractivity contribution in [2.75, 3.05) is 21.3 Å². The first-order valence-electron chi connectivity index (χ1n) is 10.7. The number of methoxy groups -OCH3 is 3.